The van der Waals surface area contributed by atoms with Crippen molar-refractivity contribution in [2.24, 2.45) is 0 Å². The van der Waals surface area contributed by atoms with Crippen LogP contribution in [0.2, 0.25) is 0 Å². The Kier molecular flexibility index (Phi) is 5.31. The fraction of sp³-hybridized carbons (Fsp3) is 0.250. The Labute approximate surface area is 153 Å². The van der Waals surface area contributed by atoms with Gasteiger partial charge in [0, 0.05) is 13.6 Å². The molecule has 1 N–H and O–H groups in total. The highest BCUT2D eigenvalue weighted by Crippen LogP contribution is 2.20. The van der Waals surface area contributed by atoms with Gasteiger partial charge in [-0.15, -0.1) is 0 Å². The first kappa shape index (κ1) is 17.7. The highest BCUT2D eigenvalue weighted by Gasteiger charge is 2.17. The molecule has 0 aliphatic carbocycles. The van der Waals surface area contributed by atoms with Crippen molar-refractivity contribution in [3.63, 3.8) is 0 Å². The molecule has 1 heterocycles. The molecule has 0 spiro atoms. The largest absolute Gasteiger partial charge is 0.334 e. The Hall–Kier alpha value is -3.15. The summed E-state index contributed by atoms with van der Waals surface area (Å²) in [5.74, 6) is 0. The molecular formula is C20H23N5O. The second-order valence-corrected chi connectivity index (χ2v) is 6.37. The van der Waals surface area contributed by atoms with Crippen LogP contribution in [0.25, 0.3) is 5.69 Å². The first-order valence-corrected chi connectivity index (χ1v) is 8.56. The van der Waals surface area contributed by atoms with Crippen molar-refractivity contribution >= 4 is 6.03 Å². The predicted molar refractivity (Wildman–Crippen MR) is 101 cm³/mol. The highest BCUT2D eigenvalue weighted by molar-refractivity contribution is 5.74. The van der Waals surface area contributed by atoms with Crippen LogP contribution in [0.5, 0.6) is 0 Å². The molecule has 2 amide bonds. The Balaban J connectivity index is 1.61. The van der Waals surface area contributed by atoms with Crippen LogP contribution in [0.3, 0.4) is 0 Å². The van der Waals surface area contributed by atoms with Crippen LogP contribution in [-0.4, -0.2) is 32.7 Å². The number of nitrogens with zero attached hydrogens (tertiary/aromatic N) is 4. The number of benzene rings is 2. The molecule has 3 aromatic rings. The predicted octanol–water partition coefficient (Wildman–Crippen LogP) is 3.48. The molecule has 6 nitrogen and oxygen atoms in total. The van der Waals surface area contributed by atoms with Gasteiger partial charge in [0.15, 0.2) is 0 Å². The van der Waals surface area contributed by atoms with Crippen molar-refractivity contribution in [2.45, 2.75) is 26.4 Å². The number of urea groups is 1. The van der Waals surface area contributed by atoms with Crippen molar-refractivity contribution in [1.29, 1.82) is 0 Å². The normalized spacial score (nSPS) is 11.8. The maximum absolute atomic E-state index is 12.5. The molecular weight excluding hydrogens is 326 g/mol. The summed E-state index contributed by atoms with van der Waals surface area (Å²) < 4.78 is 1.70. The maximum atomic E-state index is 12.5. The Morgan fingerprint density at radius 2 is 2.00 bits per heavy atom. The van der Waals surface area contributed by atoms with Crippen LogP contribution in [0, 0.1) is 6.92 Å². The third-order valence-corrected chi connectivity index (χ3v) is 4.49. The monoisotopic (exact) mass is 349 g/mol. The van der Waals surface area contributed by atoms with E-state index in [2.05, 4.69) is 21.5 Å². The van der Waals surface area contributed by atoms with Crippen LogP contribution in [0.15, 0.2) is 61.2 Å². The van der Waals surface area contributed by atoms with E-state index in [1.165, 1.54) is 11.9 Å². The van der Waals surface area contributed by atoms with Crippen LogP contribution < -0.4 is 5.32 Å². The van der Waals surface area contributed by atoms with E-state index < -0.39 is 0 Å². The van der Waals surface area contributed by atoms with Crippen molar-refractivity contribution in [1.82, 2.24) is 25.0 Å². The second kappa shape index (κ2) is 7.82. The summed E-state index contributed by atoms with van der Waals surface area (Å²) in [6.45, 7) is 4.57. The lowest BCUT2D eigenvalue weighted by atomic mass is 10.1. The number of hydrogen-bond acceptors (Lipinski definition) is 3. The zero-order valence-electron chi connectivity index (χ0n) is 15.3. The molecule has 0 saturated heterocycles. The number of aromatic nitrogens is 3. The fourth-order valence-electron chi connectivity index (χ4n) is 2.77. The number of hydrogen-bond donors (Lipinski definition) is 1. The van der Waals surface area contributed by atoms with Gasteiger partial charge in [-0.05, 0) is 37.1 Å². The van der Waals surface area contributed by atoms with Gasteiger partial charge < -0.3 is 10.2 Å². The zero-order chi connectivity index (χ0) is 18.5. The van der Waals surface area contributed by atoms with Crippen molar-refractivity contribution in [2.75, 3.05) is 7.05 Å². The minimum atomic E-state index is -0.0978. The molecule has 26 heavy (non-hydrogen) atoms. The number of rotatable bonds is 5. The smallest absolute Gasteiger partial charge is 0.317 e. The van der Waals surface area contributed by atoms with E-state index in [1.54, 1.807) is 15.9 Å². The topological polar surface area (TPSA) is 63.1 Å². The zero-order valence-corrected chi connectivity index (χ0v) is 15.3. The fourth-order valence-corrected chi connectivity index (χ4v) is 2.77. The summed E-state index contributed by atoms with van der Waals surface area (Å²) in [6, 6.07) is 15.9. The molecule has 1 aromatic heterocycles. The third-order valence-electron chi connectivity index (χ3n) is 4.49. The Morgan fingerprint density at radius 3 is 2.65 bits per heavy atom. The van der Waals surface area contributed by atoms with Gasteiger partial charge in [0.2, 0.25) is 0 Å². The molecule has 1 unspecified atom stereocenters. The minimum Gasteiger partial charge on any atom is -0.334 e. The molecule has 0 aliphatic rings. The highest BCUT2D eigenvalue weighted by atomic mass is 16.2. The summed E-state index contributed by atoms with van der Waals surface area (Å²) in [5, 5.41) is 7.09. The summed E-state index contributed by atoms with van der Waals surface area (Å²) in [4.78, 5) is 18.1. The number of carbonyl (C=O) groups excluding carboxylic acids is 1. The molecule has 0 aliphatic heterocycles. The van der Waals surface area contributed by atoms with Crippen LogP contribution in [-0.2, 0) is 6.54 Å². The van der Waals surface area contributed by atoms with Crippen molar-refractivity contribution in [3.8, 4) is 5.69 Å². The van der Waals surface area contributed by atoms with Gasteiger partial charge in [-0.25, -0.2) is 14.5 Å². The van der Waals surface area contributed by atoms with Gasteiger partial charge in [-0.2, -0.15) is 5.10 Å². The van der Waals surface area contributed by atoms with E-state index in [9.17, 15) is 4.79 Å². The van der Waals surface area contributed by atoms with Crippen LogP contribution >= 0.6 is 0 Å². The van der Waals surface area contributed by atoms with E-state index in [-0.39, 0.29) is 12.1 Å². The maximum Gasteiger partial charge on any atom is 0.317 e. The quantitative estimate of drug-likeness (QED) is 0.767. The SMILES string of the molecule is Cc1cccc(CNC(=O)N(C)C(C)c2ccc(-n3cncn3)cc2)c1. The Bertz CT molecular complexity index is 858. The van der Waals surface area contributed by atoms with Gasteiger partial charge in [0.05, 0.1) is 11.7 Å². The molecule has 2 aromatic carbocycles. The summed E-state index contributed by atoms with van der Waals surface area (Å²) >= 11 is 0. The van der Waals surface area contributed by atoms with Gasteiger partial charge in [-0.3, -0.25) is 0 Å². The lowest BCUT2D eigenvalue weighted by Crippen LogP contribution is -2.38. The molecule has 1 atom stereocenters. The minimum absolute atomic E-state index is 0.0442. The van der Waals surface area contributed by atoms with Crippen LogP contribution in [0.1, 0.15) is 29.7 Å². The molecule has 134 valence electrons. The van der Waals surface area contributed by atoms with Gasteiger partial charge in [0.1, 0.15) is 12.7 Å². The first-order valence-electron chi connectivity index (χ1n) is 8.56. The summed E-state index contributed by atoms with van der Waals surface area (Å²) in [6.07, 6.45) is 3.16. The van der Waals surface area contributed by atoms with Crippen LogP contribution in [0.4, 0.5) is 4.79 Å². The van der Waals surface area contributed by atoms with E-state index in [1.807, 2.05) is 63.4 Å². The number of nitrogens with one attached hydrogen (secondary N) is 1. The summed E-state index contributed by atoms with van der Waals surface area (Å²) in [5.41, 5.74) is 4.27. The molecule has 0 saturated carbocycles. The molecule has 0 bridgehead atoms. The van der Waals surface area contributed by atoms with E-state index in [0.717, 1.165) is 16.8 Å². The molecule has 6 heteroatoms. The number of carbonyl (C=O) groups is 1. The molecule has 0 radical (unpaired) electrons. The van der Waals surface area contributed by atoms with Gasteiger partial charge in [-0.1, -0.05) is 42.0 Å². The number of aryl methyl sites for hydroxylation is 1. The average molecular weight is 349 g/mol. The standard InChI is InChI=1S/C20H23N5O/c1-15-5-4-6-17(11-15)12-22-20(26)24(3)16(2)18-7-9-19(10-8-18)25-14-21-13-23-25/h4-11,13-14,16H,12H2,1-3H3,(H,22,26). The van der Waals surface area contributed by atoms with Crippen molar-refractivity contribution < 1.29 is 4.79 Å². The Morgan fingerprint density at radius 1 is 1.23 bits per heavy atom. The third kappa shape index (κ3) is 4.08. The van der Waals surface area contributed by atoms with Gasteiger partial charge >= 0.3 is 6.03 Å². The van der Waals surface area contributed by atoms with Gasteiger partial charge in [0.25, 0.3) is 0 Å². The number of amides is 2. The molecule has 0 fully saturated rings. The van der Waals surface area contributed by atoms with E-state index in [4.69, 9.17) is 0 Å². The average Bonchev–Trinajstić information content (AvgIpc) is 3.20. The first-order chi connectivity index (χ1) is 12.5. The second-order valence-electron chi connectivity index (χ2n) is 6.37. The summed E-state index contributed by atoms with van der Waals surface area (Å²) in [7, 11) is 1.81. The van der Waals surface area contributed by atoms with E-state index >= 15 is 0 Å². The van der Waals surface area contributed by atoms with Crippen molar-refractivity contribution in [3.05, 3.63) is 77.9 Å². The lowest BCUT2D eigenvalue weighted by molar-refractivity contribution is 0.194. The lowest BCUT2D eigenvalue weighted by Gasteiger charge is -2.26. The molecule has 3 rings (SSSR count). The van der Waals surface area contributed by atoms with E-state index in [0.29, 0.717) is 6.54 Å².